The van der Waals surface area contributed by atoms with Crippen LogP contribution in [0.5, 0.6) is 17.2 Å². The Kier molecular flexibility index (Phi) is 4.57. The number of aryl methyl sites for hydroxylation is 1. The van der Waals surface area contributed by atoms with Crippen molar-refractivity contribution in [1.29, 1.82) is 0 Å². The molecule has 0 atom stereocenters. The largest absolute Gasteiger partial charge is 0.495 e. The number of carbonyl (C=O) groups excluding carboxylic acids is 1. The van der Waals surface area contributed by atoms with E-state index < -0.39 is 5.41 Å². The van der Waals surface area contributed by atoms with Gasteiger partial charge in [-0.2, -0.15) is 0 Å². The van der Waals surface area contributed by atoms with Gasteiger partial charge in [-0.15, -0.1) is 0 Å². The van der Waals surface area contributed by atoms with Crippen molar-refractivity contribution < 1.29 is 19.0 Å². The summed E-state index contributed by atoms with van der Waals surface area (Å²) in [7, 11) is 4.79. The van der Waals surface area contributed by atoms with Gasteiger partial charge in [-0.05, 0) is 55.2 Å². The monoisotopic (exact) mass is 341 g/mol. The Morgan fingerprint density at radius 2 is 1.56 bits per heavy atom. The molecule has 1 aliphatic rings. The summed E-state index contributed by atoms with van der Waals surface area (Å²) in [5.41, 5.74) is 2.18. The fraction of sp³-hybridized carbons (Fsp3) is 0.350. The molecule has 0 aromatic heterocycles. The van der Waals surface area contributed by atoms with Crippen LogP contribution in [-0.4, -0.2) is 27.2 Å². The third-order valence-corrected chi connectivity index (χ3v) is 4.72. The number of ether oxygens (including phenoxy) is 3. The molecule has 1 fully saturated rings. The van der Waals surface area contributed by atoms with Crippen molar-refractivity contribution in [3.63, 3.8) is 0 Å². The third kappa shape index (κ3) is 3.14. The maximum absolute atomic E-state index is 13.0. The molecule has 2 aromatic carbocycles. The number of benzene rings is 2. The zero-order valence-corrected chi connectivity index (χ0v) is 15.0. The highest BCUT2D eigenvalue weighted by molar-refractivity contribution is 6.02. The molecule has 3 rings (SSSR count). The van der Waals surface area contributed by atoms with Gasteiger partial charge in [0.15, 0.2) is 11.5 Å². The zero-order valence-electron chi connectivity index (χ0n) is 15.0. The first-order chi connectivity index (χ1) is 12.0. The molecule has 1 aliphatic carbocycles. The Morgan fingerprint density at radius 3 is 2.16 bits per heavy atom. The molecule has 1 amide bonds. The molecule has 25 heavy (non-hydrogen) atoms. The lowest BCUT2D eigenvalue weighted by Crippen LogP contribution is -2.28. The van der Waals surface area contributed by atoms with E-state index >= 15 is 0 Å². The number of methoxy groups -OCH3 is 3. The van der Waals surface area contributed by atoms with Gasteiger partial charge in [0.05, 0.1) is 32.4 Å². The molecule has 0 heterocycles. The minimum absolute atomic E-state index is 0.0244. The summed E-state index contributed by atoms with van der Waals surface area (Å²) in [6.45, 7) is 1.98. The van der Waals surface area contributed by atoms with Crippen molar-refractivity contribution in [1.82, 2.24) is 0 Å². The van der Waals surface area contributed by atoms with Gasteiger partial charge in [-0.3, -0.25) is 4.79 Å². The van der Waals surface area contributed by atoms with E-state index in [2.05, 4.69) is 5.32 Å². The molecule has 0 aliphatic heterocycles. The Bertz CT molecular complexity index is 796. The highest BCUT2D eigenvalue weighted by atomic mass is 16.5. The molecule has 132 valence electrons. The van der Waals surface area contributed by atoms with Gasteiger partial charge >= 0.3 is 0 Å². The van der Waals surface area contributed by atoms with Gasteiger partial charge in [0.25, 0.3) is 0 Å². The van der Waals surface area contributed by atoms with Crippen LogP contribution in [0, 0.1) is 6.92 Å². The van der Waals surface area contributed by atoms with Crippen LogP contribution in [-0.2, 0) is 10.2 Å². The summed E-state index contributed by atoms with van der Waals surface area (Å²) >= 11 is 0. The molecule has 0 radical (unpaired) electrons. The molecular formula is C20H23NO4. The predicted molar refractivity (Wildman–Crippen MR) is 96.8 cm³/mol. The van der Waals surface area contributed by atoms with Crippen molar-refractivity contribution in [2.24, 2.45) is 0 Å². The average Bonchev–Trinajstić information content (AvgIpc) is 3.43. The fourth-order valence-corrected chi connectivity index (χ4v) is 3.07. The van der Waals surface area contributed by atoms with Crippen molar-refractivity contribution in [3.05, 3.63) is 47.5 Å². The van der Waals surface area contributed by atoms with Crippen LogP contribution in [0.2, 0.25) is 0 Å². The first kappa shape index (κ1) is 17.1. The lowest BCUT2D eigenvalue weighted by molar-refractivity contribution is -0.118. The molecule has 0 saturated heterocycles. The second-order valence-electron chi connectivity index (χ2n) is 6.31. The number of nitrogens with one attached hydrogen (secondary N) is 1. The number of anilines is 1. The predicted octanol–water partition coefficient (Wildman–Crippen LogP) is 3.69. The van der Waals surface area contributed by atoms with E-state index in [0.717, 1.165) is 24.0 Å². The highest BCUT2D eigenvalue weighted by Crippen LogP contribution is 2.50. The van der Waals surface area contributed by atoms with Crippen molar-refractivity contribution >= 4 is 11.6 Å². The number of rotatable bonds is 6. The summed E-state index contributed by atoms with van der Waals surface area (Å²) in [5, 5.41) is 3.03. The Labute approximate surface area is 147 Å². The fourth-order valence-electron chi connectivity index (χ4n) is 3.07. The Morgan fingerprint density at radius 1 is 0.920 bits per heavy atom. The summed E-state index contributed by atoms with van der Waals surface area (Å²) in [6, 6.07) is 11.4. The maximum Gasteiger partial charge on any atom is 0.235 e. The molecule has 0 spiro atoms. The number of amides is 1. The normalized spacial score (nSPS) is 14.6. The quantitative estimate of drug-likeness (QED) is 0.870. The van der Waals surface area contributed by atoms with Crippen LogP contribution in [0.3, 0.4) is 0 Å². The van der Waals surface area contributed by atoms with Gasteiger partial charge in [0, 0.05) is 0 Å². The molecular weight excluding hydrogens is 318 g/mol. The van der Waals surface area contributed by atoms with Crippen molar-refractivity contribution in [2.45, 2.75) is 25.2 Å². The third-order valence-electron chi connectivity index (χ3n) is 4.72. The van der Waals surface area contributed by atoms with Gasteiger partial charge in [0.1, 0.15) is 5.75 Å². The van der Waals surface area contributed by atoms with Gasteiger partial charge in [-0.1, -0.05) is 12.1 Å². The maximum atomic E-state index is 13.0. The Balaban J connectivity index is 1.89. The van der Waals surface area contributed by atoms with Crippen LogP contribution >= 0.6 is 0 Å². The molecule has 5 nitrogen and oxygen atoms in total. The lowest BCUT2D eigenvalue weighted by atomic mass is 9.94. The van der Waals surface area contributed by atoms with Crippen molar-refractivity contribution in [3.8, 4) is 17.2 Å². The minimum Gasteiger partial charge on any atom is -0.495 e. The van der Waals surface area contributed by atoms with Gasteiger partial charge < -0.3 is 19.5 Å². The van der Waals surface area contributed by atoms with E-state index in [1.54, 1.807) is 21.3 Å². The number of hydrogen-bond acceptors (Lipinski definition) is 4. The van der Waals surface area contributed by atoms with Crippen LogP contribution in [0.4, 0.5) is 5.69 Å². The standard InChI is InChI=1S/C20H23NO4/c1-13-5-7-16(23-2)15(11-13)21-19(22)20(9-10-20)14-6-8-17(24-3)18(12-14)25-4/h5-8,11-12H,9-10H2,1-4H3,(H,21,22). The Hall–Kier alpha value is -2.69. The molecule has 0 bridgehead atoms. The highest BCUT2D eigenvalue weighted by Gasteiger charge is 2.51. The first-order valence-electron chi connectivity index (χ1n) is 8.22. The zero-order chi connectivity index (χ0) is 18.0. The summed E-state index contributed by atoms with van der Waals surface area (Å²) in [4.78, 5) is 13.0. The second-order valence-corrected chi connectivity index (χ2v) is 6.31. The van der Waals surface area contributed by atoms with E-state index in [-0.39, 0.29) is 5.91 Å². The van der Waals surface area contributed by atoms with Gasteiger partial charge in [-0.25, -0.2) is 0 Å². The number of carbonyl (C=O) groups is 1. The molecule has 2 aromatic rings. The molecule has 1 saturated carbocycles. The van der Waals surface area contributed by atoms with E-state index in [9.17, 15) is 4.79 Å². The van der Waals surface area contributed by atoms with E-state index in [1.165, 1.54) is 0 Å². The SMILES string of the molecule is COc1ccc(C)cc1NC(=O)C1(c2ccc(OC)c(OC)c2)CC1. The molecule has 0 unspecified atom stereocenters. The first-order valence-corrected chi connectivity index (χ1v) is 8.22. The average molecular weight is 341 g/mol. The van der Waals surface area contributed by atoms with E-state index in [0.29, 0.717) is 22.9 Å². The van der Waals surface area contributed by atoms with E-state index in [4.69, 9.17) is 14.2 Å². The van der Waals surface area contributed by atoms with Gasteiger partial charge in [0.2, 0.25) is 5.91 Å². The minimum atomic E-state index is -0.520. The van der Waals surface area contributed by atoms with Crippen LogP contribution in [0.15, 0.2) is 36.4 Å². The summed E-state index contributed by atoms with van der Waals surface area (Å²) in [6.07, 6.45) is 1.62. The van der Waals surface area contributed by atoms with E-state index in [1.807, 2.05) is 43.3 Å². The molecule has 5 heteroatoms. The van der Waals surface area contributed by atoms with Crippen LogP contribution in [0.1, 0.15) is 24.0 Å². The topological polar surface area (TPSA) is 56.8 Å². The van der Waals surface area contributed by atoms with Crippen molar-refractivity contribution in [2.75, 3.05) is 26.6 Å². The molecule has 1 N–H and O–H groups in total. The smallest absolute Gasteiger partial charge is 0.235 e. The van der Waals surface area contributed by atoms with Crippen LogP contribution in [0.25, 0.3) is 0 Å². The second kappa shape index (κ2) is 6.67. The lowest BCUT2D eigenvalue weighted by Gasteiger charge is -2.19. The summed E-state index contributed by atoms with van der Waals surface area (Å²) < 4.78 is 16.0. The summed E-state index contributed by atoms with van der Waals surface area (Å²) in [5.74, 6) is 1.92. The van der Waals surface area contributed by atoms with Crippen LogP contribution < -0.4 is 19.5 Å². The number of hydrogen-bond donors (Lipinski definition) is 1.